The summed E-state index contributed by atoms with van der Waals surface area (Å²) in [7, 11) is 1.62. The molecule has 0 aliphatic heterocycles. The Morgan fingerprint density at radius 2 is 2.22 bits per heavy atom. The zero-order valence-electron chi connectivity index (χ0n) is 10.8. The van der Waals surface area contributed by atoms with Gasteiger partial charge in [0.2, 0.25) is 0 Å². The van der Waals surface area contributed by atoms with Crippen LogP contribution in [0.25, 0.3) is 0 Å². The summed E-state index contributed by atoms with van der Waals surface area (Å²) in [4.78, 5) is 12.1. The number of hydrogen-bond acceptors (Lipinski definition) is 4. The number of methoxy groups -OCH3 is 1. The number of Topliss-reactive ketones (excluding diaryl/α,β-unsaturated/α-hetero) is 1. The normalized spacial score (nSPS) is 10.8. The van der Waals surface area contributed by atoms with Crippen molar-refractivity contribution in [2.75, 3.05) is 26.9 Å². The first kappa shape index (κ1) is 15.3. The average Bonchev–Trinajstić information content (AvgIpc) is 2.73. The first-order chi connectivity index (χ1) is 8.70. The molecule has 0 aliphatic rings. The first-order valence-electron chi connectivity index (χ1n) is 6.01. The van der Waals surface area contributed by atoms with Crippen LogP contribution < -0.4 is 0 Å². The molecule has 102 valence electrons. The predicted octanol–water partition coefficient (Wildman–Crippen LogP) is 2.29. The van der Waals surface area contributed by atoms with Crippen LogP contribution in [0.15, 0.2) is 10.7 Å². The van der Waals surface area contributed by atoms with Gasteiger partial charge in [-0.25, -0.2) is 0 Å². The number of halogens is 1. The van der Waals surface area contributed by atoms with E-state index in [1.165, 1.54) is 0 Å². The molecule has 6 heteroatoms. The number of rotatable bonds is 9. The molecule has 0 unspecified atom stereocenters. The van der Waals surface area contributed by atoms with Gasteiger partial charge in [0.05, 0.1) is 30.4 Å². The molecule has 1 heterocycles. The highest BCUT2D eigenvalue weighted by Gasteiger charge is 2.16. The molecule has 0 radical (unpaired) electrons. The minimum atomic E-state index is 0.0339. The molecule has 1 aromatic rings. The van der Waals surface area contributed by atoms with E-state index in [0.717, 1.165) is 10.9 Å². The van der Waals surface area contributed by atoms with Gasteiger partial charge in [0.1, 0.15) is 5.69 Å². The van der Waals surface area contributed by atoms with Gasteiger partial charge in [-0.15, -0.1) is 0 Å². The molecule has 0 N–H and O–H groups in total. The fraction of sp³-hybridized carbons (Fsp3) is 0.667. The molecule has 0 spiro atoms. The van der Waals surface area contributed by atoms with Gasteiger partial charge in [-0.3, -0.25) is 9.48 Å². The molecule has 0 atom stereocenters. The lowest BCUT2D eigenvalue weighted by Crippen LogP contribution is -2.15. The molecule has 1 aromatic heterocycles. The van der Waals surface area contributed by atoms with Crippen molar-refractivity contribution < 1.29 is 14.3 Å². The van der Waals surface area contributed by atoms with E-state index >= 15 is 0 Å². The lowest BCUT2D eigenvalue weighted by molar-refractivity contribution is 0.0865. The van der Waals surface area contributed by atoms with Crippen LogP contribution in [0.1, 0.15) is 30.3 Å². The Morgan fingerprint density at radius 1 is 1.44 bits per heavy atom. The Labute approximate surface area is 116 Å². The number of ketones is 1. The third kappa shape index (κ3) is 4.51. The number of carbonyl (C=O) groups is 1. The van der Waals surface area contributed by atoms with Crippen molar-refractivity contribution in [1.29, 1.82) is 0 Å². The topological polar surface area (TPSA) is 53.3 Å². The number of hydrogen-bond donors (Lipinski definition) is 0. The molecule has 0 fully saturated rings. The number of ether oxygens (including phenoxy) is 2. The van der Waals surface area contributed by atoms with E-state index in [4.69, 9.17) is 9.47 Å². The quantitative estimate of drug-likeness (QED) is 0.518. The van der Waals surface area contributed by atoms with E-state index < -0.39 is 0 Å². The largest absolute Gasteiger partial charge is 0.383 e. The third-order valence-corrected chi connectivity index (χ3v) is 2.97. The molecule has 18 heavy (non-hydrogen) atoms. The van der Waals surface area contributed by atoms with E-state index in [1.807, 2.05) is 6.92 Å². The van der Waals surface area contributed by atoms with Crippen molar-refractivity contribution in [3.63, 3.8) is 0 Å². The van der Waals surface area contributed by atoms with Crippen LogP contribution in [0.5, 0.6) is 0 Å². The van der Waals surface area contributed by atoms with Gasteiger partial charge in [-0.05, 0) is 22.4 Å². The van der Waals surface area contributed by atoms with E-state index in [1.54, 1.807) is 18.0 Å². The monoisotopic (exact) mass is 318 g/mol. The summed E-state index contributed by atoms with van der Waals surface area (Å²) in [6.45, 7) is 4.28. The molecular weight excluding hydrogens is 300 g/mol. The van der Waals surface area contributed by atoms with Crippen LogP contribution in [-0.4, -0.2) is 42.5 Å². The SMILES string of the molecule is CCCOCCC(=O)c1c(Br)cnn1CCOC. The van der Waals surface area contributed by atoms with Crippen LogP contribution in [0.2, 0.25) is 0 Å². The van der Waals surface area contributed by atoms with Crippen molar-refractivity contribution in [3.05, 3.63) is 16.4 Å². The molecule has 1 rings (SSSR count). The predicted molar refractivity (Wildman–Crippen MR) is 71.9 cm³/mol. The highest BCUT2D eigenvalue weighted by atomic mass is 79.9. The second-order valence-electron chi connectivity index (χ2n) is 3.84. The van der Waals surface area contributed by atoms with E-state index in [0.29, 0.717) is 38.5 Å². The fourth-order valence-corrected chi connectivity index (χ4v) is 2.03. The summed E-state index contributed by atoms with van der Waals surface area (Å²) < 4.78 is 12.7. The standard InChI is InChI=1S/C12H19BrN2O3/c1-3-6-18-7-4-11(16)12-10(13)9-14-15(12)5-8-17-2/h9H,3-8H2,1-2H3. The molecule has 0 aromatic carbocycles. The van der Waals surface area contributed by atoms with Crippen molar-refractivity contribution >= 4 is 21.7 Å². The Hall–Kier alpha value is -0.720. The zero-order chi connectivity index (χ0) is 13.4. The van der Waals surface area contributed by atoms with Crippen LogP contribution in [0.3, 0.4) is 0 Å². The summed E-state index contributed by atoms with van der Waals surface area (Å²) in [5.74, 6) is 0.0339. The number of carbonyl (C=O) groups excluding carboxylic acids is 1. The van der Waals surface area contributed by atoms with Gasteiger partial charge in [0.15, 0.2) is 5.78 Å². The van der Waals surface area contributed by atoms with Crippen LogP contribution in [-0.2, 0) is 16.0 Å². The maximum atomic E-state index is 12.1. The lowest BCUT2D eigenvalue weighted by atomic mass is 10.2. The van der Waals surface area contributed by atoms with E-state index in [2.05, 4.69) is 21.0 Å². The minimum absolute atomic E-state index is 0.0339. The van der Waals surface area contributed by atoms with Crippen LogP contribution in [0.4, 0.5) is 0 Å². The second-order valence-corrected chi connectivity index (χ2v) is 4.70. The van der Waals surface area contributed by atoms with E-state index in [-0.39, 0.29) is 5.78 Å². The summed E-state index contributed by atoms with van der Waals surface area (Å²) in [6, 6.07) is 0. The average molecular weight is 319 g/mol. The maximum absolute atomic E-state index is 12.1. The Bertz CT molecular complexity index is 379. The van der Waals surface area contributed by atoms with Gasteiger partial charge in [-0.1, -0.05) is 6.92 Å². The first-order valence-corrected chi connectivity index (χ1v) is 6.81. The third-order valence-electron chi connectivity index (χ3n) is 2.39. The Morgan fingerprint density at radius 3 is 2.89 bits per heavy atom. The second kappa shape index (κ2) is 8.39. The number of aromatic nitrogens is 2. The van der Waals surface area contributed by atoms with Gasteiger partial charge in [-0.2, -0.15) is 5.10 Å². The van der Waals surface area contributed by atoms with Crippen molar-refractivity contribution in [2.24, 2.45) is 0 Å². The molecule has 0 bridgehead atoms. The van der Waals surface area contributed by atoms with E-state index in [9.17, 15) is 4.79 Å². The maximum Gasteiger partial charge on any atom is 0.184 e. The highest BCUT2D eigenvalue weighted by Crippen LogP contribution is 2.17. The highest BCUT2D eigenvalue weighted by molar-refractivity contribution is 9.10. The van der Waals surface area contributed by atoms with Crippen LogP contribution in [0, 0.1) is 0 Å². The van der Waals surface area contributed by atoms with Crippen molar-refractivity contribution in [2.45, 2.75) is 26.3 Å². The van der Waals surface area contributed by atoms with Crippen molar-refractivity contribution in [3.8, 4) is 0 Å². The fourth-order valence-electron chi connectivity index (χ4n) is 1.52. The molecular formula is C12H19BrN2O3. The van der Waals surface area contributed by atoms with Crippen LogP contribution >= 0.6 is 15.9 Å². The minimum Gasteiger partial charge on any atom is -0.383 e. The molecule has 5 nitrogen and oxygen atoms in total. The Kier molecular flexibility index (Phi) is 7.15. The molecule has 0 amide bonds. The summed E-state index contributed by atoms with van der Waals surface area (Å²) in [6.07, 6.45) is 2.97. The lowest BCUT2D eigenvalue weighted by Gasteiger charge is -2.07. The van der Waals surface area contributed by atoms with Gasteiger partial charge in [0, 0.05) is 20.1 Å². The van der Waals surface area contributed by atoms with Gasteiger partial charge < -0.3 is 9.47 Å². The molecule has 0 saturated heterocycles. The summed E-state index contributed by atoms with van der Waals surface area (Å²) in [5.41, 5.74) is 0.590. The smallest absolute Gasteiger partial charge is 0.184 e. The summed E-state index contributed by atoms with van der Waals surface area (Å²) in [5, 5.41) is 4.15. The van der Waals surface area contributed by atoms with Gasteiger partial charge in [0.25, 0.3) is 0 Å². The van der Waals surface area contributed by atoms with Gasteiger partial charge >= 0.3 is 0 Å². The zero-order valence-corrected chi connectivity index (χ0v) is 12.4. The molecule has 0 saturated carbocycles. The number of nitrogens with zero attached hydrogens (tertiary/aromatic N) is 2. The Balaban J connectivity index is 2.57. The van der Waals surface area contributed by atoms with Crippen molar-refractivity contribution in [1.82, 2.24) is 9.78 Å². The molecule has 0 aliphatic carbocycles. The summed E-state index contributed by atoms with van der Waals surface area (Å²) >= 11 is 3.35.